The van der Waals surface area contributed by atoms with Crippen molar-refractivity contribution in [3.63, 3.8) is 0 Å². The number of hydrogen-bond acceptors (Lipinski definition) is 4. The first-order valence-electron chi connectivity index (χ1n) is 5.00. The molecule has 0 aliphatic heterocycles. The Morgan fingerprint density at radius 1 is 1.56 bits per heavy atom. The van der Waals surface area contributed by atoms with Crippen LogP contribution >= 0.6 is 0 Å². The van der Waals surface area contributed by atoms with Crippen LogP contribution in [0.2, 0.25) is 0 Å². The van der Waals surface area contributed by atoms with Gasteiger partial charge < -0.3 is 5.11 Å². The number of ketones is 1. The lowest BCUT2D eigenvalue weighted by molar-refractivity contribution is -0.384. The van der Waals surface area contributed by atoms with Crippen LogP contribution in [0, 0.1) is 16.0 Å². The maximum atomic E-state index is 11.8. The van der Waals surface area contributed by atoms with E-state index in [1.165, 1.54) is 18.2 Å². The molecule has 1 aliphatic rings. The minimum Gasteiger partial charge on any atom is -0.393 e. The third-order valence-corrected chi connectivity index (χ3v) is 2.92. The number of benzene rings is 1. The second-order valence-corrected chi connectivity index (χ2v) is 4.01. The van der Waals surface area contributed by atoms with Crippen LogP contribution in [0.15, 0.2) is 18.2 Å². The van der Waals surface area contributed by atoms with Gasteiger partial charge in [-0.25, -0.2) is 0 Å². The number of fused-ring (bicyclic) bond motifs is 1. The molecule has 16 heavy (non-hydrogen) atoms. The predicted molar refractivity (Wildman–Crippen MR) is 56.3 cm³/mol. The maximum absolute atomic E-state index is 11.8. The Morgan fingerprint density at radius 2 is 2.25 bits per heavy atom. The van der Waals surface area contributed by atoms with Gasteiger partial charge in [-0.05, 0) is 25.0 Å². The van der Waals surface area contributed by atoms with Gasteiger partial charge in [0.15, 0.2) is 5.78 Å². The highest BCUT2D eigenvalue weighted by Gasteiger charge is 2.34. The molecule has 0 saturated carbocycles. The van der Waals surface area contributed by atoms with Crippen LogP contribution < -0.4 is 0 Å². The standard InChI is InChI=1S/C11H11NO4/c1-6(13)10-5-7-4-8(12(15)16)2-3-9(7)11(10)14/h2-4,6,10,13H,5H2,1H3. The Balaban J connectivity index is 2.40. The summed E-state index contributed by atoms with van der Waals surface area (Å²) in [7, 11) is 0. The molecule has 0 saturated heterocycles. The van der Waals surface area contributed by atoms with Crippen LogP contribution in [0.3, 0.4) is 0 Å². The molecule has 2 unspecified atom stereocenters. The van der Waals surface area contributed by atoms with Crippen molar-refractivity contribution in [2.75, 3.05) is 0 Å². The van der Waals surface area contributed by atoms with Crippen molar-refractivity contribution in [3.8, 4) is 0 Å². The van der Waals surface area contributed by atoms with E-state index in [1.807, 2.05) is 0 Å². The summed E-state index contributed by atoms with van der Waals surface area (Å²) in [4.78, 5) is 21.9. The molecule has 1 N–H and O–H groups in total. The lowest BCUT2D eigenvalue weighted by Gasteiger charge is -2.09. The SMILES string of the molecule is CC(O)C1Cc2cc([N+](=O)[O-])ccc2C1=O. The summed E-state index contributed by atoms with van der Waals surface area (Å²) in [5.41, 5.74) is 1.14. The van der Waals surface area contributed by atoms with Crippen molar-refractivity contribution in [2.24, 2.45) is 5.92 Å². The summed E-state index contributed by atoms with van der Waals surface area (Å²) >= 11 is 0. The summed E-state index contributed by atoms with van der Waals surface area (Å²) in [5.74, 6) is -0.586. The smallest absolute Gasteiger partial charge is 0.269 e. The van der Waals surface area contributed by atoms with Crippen molar-refractivity contribution >= 4 is 11.5 Å². The zero-order valence-corrected chi connectivity index (χ0v) is 8.71. The number of hydrogen-bond donors (Lipinski definition) is 1. The predicted octanol–water partition coefficient (Wildman–Crippen LogP) is 1.33. The fraction of sp³-hybridized carbons (Fsp3) is 0.364. The number of aliphatic hydroxyl groups is 1. The molecule has 2 atom stereocenters. The largest absolute Gasteiger partial charge is 0.393 e. The number of Topliss-reactive ketones (excluding diaryl/α,β-unsaturated/α-hetero) is 1. The van der Waals surface area contributed by atoms with Crippen molar-refractivity contribution in [1.29, 1.82) is 0 Å². The number of carbonyl (C=O) groups excluding carboxylic acids is 1. The number of nitro benzene ring substituents is 1. The van der Waals surface area contributed by atoms with E-state index in [1.54, 1.807) is 6.92 Å². The highest BCUT2D eigenvalue weighted by atomic mass is 16.6. The Labute approximate surface area is 91.9 Å². The number of rotatable bonds is 2. The first kappa shape index (κ1) is 10.8. The van der Waals surface area contributed by atoms with Gasteiger partial charge in [0.2, 0.25) is 0 Å². The molecule has 0 bridgehead atoms. The monoisotopic (exact) mass is 221 g/mol. The van der Waals surface area contributed by atoms with Gasteiger partial charge >= 0.3 is 0 Å². The normalized spacial score (nSPS) is 20.6. The Morgan fingerprint density at radius 3 is 2.81 bits per heavy atom. The van der Waals surface area contributed by atoms with Crippen molar-refractivity contribution in [3.05, 3.63) is 39.4 Å². The first-order chi connectivity index (χ1) is 7.50. The van der Waals surface area contributed by atoms with Crippen LogP contribution in [0.25, 0.3) is 0 Å². The summed E-state index contributed by atoms with van der Waals surface area (Å²) in [6, 6.07) is 4.20. The van der Waals surface area contributed by atoms with Crippen LogP contribution in [0.4, 0.5) is 5.69 Å². The molecule has 0 aromatic heterocycles. The molecule has 1 aromatic carbocycles. The quantitative estimate of drug-likeness (QED) is 0.603. The summed E-state index contributed by atoms with van der Waals surface area (Å²) in [6.45, 7) is 1.56. The first-order valence-corrected chi connectivity index (χ1v) is 5.00. The Bertz CT molecular complexity index is 467. The lowest BCUT2D eigenvalue weighted by atomic mass is 10.00. The average Bonchev–Trinajstić information content (AvgIpc) is 2.55. The van der Waals surface area contributed by atoms with Crippen LogP contribution in [-0.4, -0.2) is 21.9 Å². The molecule has 0 fully saturated rings. The molecular formula is C11H11NO4. The maximum Gasteiger partial charge on any atom is 0.269 e. The molecule has 1 aromatic rings. The van der Waals surface area contributed by atoms with E-state index in [2.05, 4.69) is 0 Å². The highest BCUT2D eigenvalue weighted by molar-refractivity contribution is 6.02. The zero-order valence-electron chi connectivity index (χ0n) is 8.71. The van der Waals surface area contributed by atoms with E-state index in [0.717, 1.165) is 0 Å². The van der Waals surface area contributed by atoms with Gasteiger partial charge in [-0.15, -0.1) is 0 Å². The Hall–Kier alpha value is -1.75. The fourth-order valence-electron chi connectivity index (χ4n) is 2.02. The van der Waals surface area contributed by atoms with Crippen molar-refractivity contribution < 1.29 is 14.8 Å². The van der Waals surface area contributed by atoms with Gasteiger partial charge in [0, 0.05) is 17.7 Å². The topological polar surface area (TPSA) is 80.4 Å². The van der Waals surface area contributed by atoms with E-state index in [0.29, 0.717) is 17.5 Å². The minimum atomic E-state index is -0.723. The van der Waals surface area contributed by atoms with Gasteiger partial charge in [-0.3, -0.25) is 14.9 Å². The van der Waals surface area contributed by atoms with Crippen LogP contribution in [0.1, 0.15) is 22.8 Å². The van der Waals surface area contributed by atoms with Gasteiger partial charge in [0.25, 0.3) is 5.69 Å². The number of carbonyl (C=O) groups is 1. The molecule has 1 aliphatic carbocycles. The third kappa shape index (κ3) is 1.59. The van der Waals surface area contributed by atoms with E-state index in [4.69, 9.17) is 0 Å². The lowest BCUT2D eigenvalue weighted by Crippen LogP contribution is -2.22. The van der Waals surface area contributed by atoms with E-state index < -0.39 is 16.9 Å². The zero-order chi connectivity index (χ0) is 11.9. The molecule has 5 nitrogen and oxygen atoms in total. The molecule has 84 valence electrons. The number of aliphatic hydroxyl groups excluding tert-OH is 1. The van der Waals surface area contributed by atoms with Gasteiger partial charge in [0.05, 0.1) is 16.9 Å². The molecule has 0 amide bonds. The van der Waals surface area contributed by atoms with E-state index in [9.17, 15) is 20.0 Å². The number of nitro groups is 1. The van der Waals surface area contributed by atoms with Gasteiger partial charge in [0.1, 0.15) is 0 Å². The van der Waals surface area contributed by atoms with Crippen LogP contribution in [0.5, 0.6) is 0 Å². The minimum absolute atomic E-state index is 0.0159. The summed E-state index contributed by atoms with van der Waals surface area (Å²) < 4.78 is 0. The third-order valence-electron chi connectivity index (χ3n) is 2.92. The molecular weight excluding hydrogens is 210 g/mol. The van der Waals surface area contributed by atoms with Crippen molar-refractivity contribution in [1.82, 2.24) is 0 Å². The van der Waals surface area contributed by atoms with Gasteiger partial charge in [-0.1, -0.05) is 0 Å². The molecule has 0 radical (unpaired) electrons. The van der Waals surface area contributed by atoms with E-state index >= 15 is 0 Å². The van der Waals surface area contributed by atoms with E-state index in [-0.39, 0.29) is 11.5 Å². The van der Waals surface area contributed by atoms with Gasteiger partial charge in [-0.2, -0.15) is 0 Å². The molecule has 2 rings (SSSR count). The summed E-state index contributed by atoms with van der Waals surface area (Å²) in [5, 5.41) is 20.0. The Kier molecular flexibility index (Phi) is 2.47. The molecule has 5 heteroatoms. The molecule has 0 heterocycles. The number of non-ortho nitro benzene ring substituents is 1. The number of nitrogens with zero attached hydrogens (tertiary/aromatic N) is 1. The van der Waals surface area contributed by atoms with Crippen LogP contribution in [-0.2, 0) is 6.42 Å². The average molecular weight is 221 g/mol. The fourth-order valence-corrected chi connectivity index (χ4v) is 2.02. The summed E-state index contributed by atoms with van der Waals surface area (Å²) in [6.07, 6.45) is -0.341. The second kappa shape index (κ2) is 3.68. The van der Waals surface area contributed by atoms with Crippen molar-refractivity contribution in [2.45, 2.75) is 19.4 Å². The second-order valence-electron chi connectivity index (χ2n) is 4.01. The molecule has 0 spiro atoms. The highest BCUT2D eigenvalue weighted by Crippen LogP contribution is 2.31.